The monoisotopic (exact) mass is 322 g/mol. The molecule has 0 aromatic heterocycles. The molecule has 0 N–H and O–H groups in total. The van der Waals surface area contributed by atoms with Crippen LogP contribution in [0, 0.1) is 35.5 Å². The van der Waals surface area contributed by atoms with E-state index in [-0.39, 0.29) is 35.9 Å². The van der Waals surface area contributed by atoms with Crippen molar-refractivity contribution in [2.45, 2.75) is 25.0 Å². The fourth-order valence-corrected chi connectivity index (χ4v) is 7.06. The fraction of sp³-hybridized carbons (Fsp3) is 1.00. The lowest BCUT2D eigenvalue weighted by molar-refractivity contribution is 0.129. The summed E-state index contributed by atoms with van der Waals surface area (Å²) >= 11 is 0. The van der Waals surface area contributed by atoms with Crippen LogP contribution in [0.1, 0.15) is 12.8 Å². The number of hydrogen-bond donors (Lipinski definition) is 0. The van der Waals surface area contributed by atoms with Crippen molar-refractivity contribution in [3.8, 4) is 0 Å². The Morgan fingerprint density at radius 1 is 0.700 bits per heavy atom. The Hall–Kier alpha value is -0.180. The van der Waals surface area contributed by atoms with Crippen molar-refractivity contribution in [2.24, 2.45) is 35.5 Å². The Kier molecular flexibility index (Phi) is 2.54. The van der Waals surface area contributed by atoms with E-state index in [4.69, 9.17) is 8.37 Å². The third kappa shape index (κ3) is 1.74. The van der Waals surface area contributed by atoms with Crippen LogP contribution >= 0.6 is 0 Å². The summed E-state index contributed by atoms with van der Waals surface area (Å²) in [5, 5.41) is 0. The zero-order valence-corrected chi connectivity index (χ0v) is 12.9. The predicted molar refractivity (Wildman–Crippen MR) is 69.6 cm³/mol. The minimum Gasteiger partial charge on any atom is -0.266 e. The van der Waals surface area contributed by atoms with Crippen LogP contribution in [-0.2, 0) is 28.6 Å². The highest BCUT2D eigenvalue weighted by Gasteiger charge is 2.74. The average Bonchev–Trinajstić information content (AvgIpc) is 2.89. The fourth-order valence-electron chi connectivity index (χ4n) is 5.71. The summed E-state index contributed by atoms with van der Waals surface area (Å²) in [6.45, 7) is 0. The minimum atomic E-state index is -3.47. The van der Waals surface area contributed by atoms with Crippen molar-refractivity contribution >= 4 is 20.2 Å². The van der Waals surface area contributed by atoms with E-state index < -0.39 is 20.2 Å². The van der Waals surface area contributed by atoms with E-state index in [0.717, 1.165) is 25.4 Å². The molecule has 8 heteroatoms. The highest BCUT2D eigenvalue weighted by atomic mass is 32.2. The van der Waals surface area contributed by atoms with Gasteiger partial charge in [0.05, 0.1) is 24.7 Å². The van der Waals surface area contributed by atoms with Crippen LogP contribution in [0.25, 0.3) is 0 Å². The van der Waals surface area contributed by atoms with E-state index >= 15 is 0 Å². The molecule has 0 aliphatic heterocycles. The first-order valence-electron chi connectivity index (χ1n) is 6.92. The van der Waals surface area contributed by atoms with Gasteiger partial charge in [0.15, 0.2) is 0 Å². The maximum absolute atomic E-state index is 11.4. The van der Waals surface area contributed by atoms with Gasteiger partial charge >= 0.3 is 0 Å². The molecule has 0 aromatic rings. The normalized spacial score (nSPS) is 52.3. The first kappa shape index (κ1) is 13.5. The van der Waals surface area contributed by atoms with Gasteiger partial charge in [-0.2, -0.15) is 16.8 Å². The van der Waals surface area contributed by atoms with Crippen molar-refractivity contribution in [1.82, 2.24) is 0 Å². The average molecular weight is 322 g/mol. The molecule has 20 heavy (non-hydrogen) atoms. The molecule has 0 unspecified atom stereocenters. The van der Waals surface area contributed by atoms with E-state index in [0.29, 0.717) is 11.8 Å². The summed E-state index contributed by atoms with van der Waals surface area (Å²) in [6.07, 6.45) is 3.57. The minimum absolute atomic E-state index is 0.158. The van der Waals surface area contributed by atoms with Crippen molar-refractivity contribution in [3.63, 3.8) is 0 Å². The lowest BCUT2D eigenvalue weighted by Gasteiger charge is -2.32. The molecule has 0 radical (unpaired) electrons. The van der Waals surface area contributed by atoms with E-state index in [9.17, 15) is 16.8 Å². The standard InChI is InChI=1S/C12H18O6S2/c1-19(13,14)17-11-7-3-6-8-4-5(7)10(9(6)11)12(8)18-20(2,15)16/h5-12H,3-4H2,1-2H3/t5-,6+,7-,8+,9-,10+,11-,12-/m1/s1. The van der Waals surface area contributed by atoms with Gasteiger partial charge in [-0.25, -0.2) is 0 Å². The lowest BCUT2D eigenvalue weighted by atomic mass is 9.71. The lowest BCUT2D eigenvalue weighted by Crippen LogP contribution is -2.28. The molecule has 0 spiro atoms. The molecule has 4 bridgehead atoms. The summed E-state index contributed by atoms with van der Waals surface area (Å²) < 4.78 is 56.3. The van der Waals surface area contributed by atoms with Gasteiger partial charge in [0, 0.05) is 0 Å². The molecular weight excluding hydrogens is 304 g/mol. The summed E-state index contributed by atoms with van der Waals surface area (Å²) in [7, 11) is -6.94. The third-order valence-electron chi connectivity index (χ3n) is 5.80. The number of rotatable bonds is 4. The van der Waals surface area contributed by atoms with Crippen LogP contribution < -0.4 is 0 Å². The van der Waals surface area contributed by atoms with Crippen molar-refractivity contribution in [3.05, 3.63) is 0 Å². The van der Waals surface area contributed by atoms with Crippen LogP contribution in [0.4, 0.5) is 0 Å². The van der Waals surface area contributed by atoms with Gasteiger partial charge in [0.1, 0.15) is 0 Å². The molecule has 0 amide bonds. The van der Waals surface area contributed by atoms with Gasteiger partial charge in [0.25, 0.3) is 20.2 Å². The van der Waals surface area contributed by atoms with Gasteiger partial charge in [0.2, 0.25) is 0 Å². The Balaban J connectivity index is 1.64. The zero-order valence-electron chi connectivity index (χ0n) is 11.3. The van der Waals surface area contributed by atoms with Gasteiger partial charge in [-0.15, -0.1) is 0 Å². The molecule has 4 saturated carbocycles. The molecular formula is C12H18O6S2. The summed E-state index contributed by atoms with van der Waals surface area (Å²) in [5.41, 5.74) is 0. The molecule has 4 fully saturated rings. The smallest absolute Gasteiger partial charge is 0.264 e. The SMILES string of the molecule is CS(=O)(=O)O[C@@H]1[C@H]2C[C@@H]3[C@H]4C[C@@H]2[C@@H]([C@@H]4OS(C)(=O)=O)[C@H]31. The second-order valence-corrected chi connectivity index (χ2v) is 10.0. The molecule has 0 heterocycles. The molecule has 4 rings (SSSR count). The molecule has 6 nitrogen and oxygen atoms in total. The van der Waals surface area contributed by atoms with E-state index in [1.54, 1.807) is 0 Å². The molecule has 0 aromatic carbocycles. The van der Waals surface area contributed by atoms with Crippen molar-refractivity contribution < 1.29 is 25.2 Å². The van der Waals surface area contributed by atoms with E-state index in [2.05, 4.69) is 0 Å². The second kappa shape index (κ2) is 3.77. The van der Waals surface area contributed by atoms with Crippen LogP contribution in [0.2, 0.25) is 0 Å². The molecule has 114 valence electrons. The Morgan fingerprint density at radius 3 is 1.35 bits per heavy atom. The summed E-state index contributed by atoms with van der Waals surface area (Å²) in [4.78, 5) is 0. The van der Waals surface area contributed by atoms with Crippen LogP contribution in [0.5, 0.6) is 0 Å². The molecule has 4 aliphatic rings. The van der Waals surface area contributed by atoms with E-state index in [1.807, 2.05) is 0 Å². The van der Waals surface area contributed by atoms with Gasteiger partial charge in [-0.3, -0.25) is 8.37 Å². The van der Waals surface area contributed by atoms with E-state index in [1.165, 1.54) is 0 Å². The highest BCUT2D eigenvalue weighted by molar-refractivity contribution is 7.86. The summed E-state index contributed by atoms with van der Waals surface area (Å²) in [6, 6.07) is 0. The largest absolute Gasteiger partial charge is 0.266 e. The molecule has 8 atom stereocenters. The first-order valence-corrected chi connectivity index (χ1v) is 10.6. The van der Waals surface area contributed by atoms with Crippen molar-refractivity contribution in [2.75, 3.05) is 12.5 Å². The predicted octanol–water partition coefficient (Wildman–Crippen LogP) is 0.208. The topological polar surface area (TPSA) is 86.7 Å². The van der Waals surface area contributed by atoms with Crippen LogP contribution in [0.15, 0.2) is 0 Å². The Labute approximate surface area is 119 Å². The maximum Gasteiger partial charge on any atom is 0.264 e. The summed E-state index contributed by atoms with van der Waals surface area (Å²) in [5.74, 6) is 1.57. The maximum atomic E-state index is 11.4. The third-order valence-corrected chi connectivity index (χ3v) is 6.94. The first-order chi connectivity index (χ1) is 9.16. The quantitative estimate of drug-likeness (QED) is 0.688. The van der Waals surface area contributed by atoms with Gasteiger partial charge in [-0.05, 0) is 48.3 Å². The Bertz CT molecular complexity index is 595. The Morgan fingerprint density at radius 2 is 1.05 bits per heavy atom. The van der Waals surface area contributed by atoms with Gasteiger partial charge < -0.3 is 0 Å². The second-order valence-electron chi connectivity index (χ2n) is 6.81. The number of hydrogen-bond acceptors (Lipinski definition) is 6. The highest BCUT2D eigenvalue weighted by Crippen LogP contribution is 2.73. The zero-order chi connectivity index (χ0) is 14.4. The van der Waals surface area contributed by atoms with Crippen LogP contribution in [-0.4, -0.2) is 41.6 Å². The van der Waals surface area contributed by atoms with Crippen molar-refractivity contribution in [1.29, 1.82) is 0 Å². The van der Waals surface area contributed by atoms with Crippen LogP contribution in [0.3, 0.4) is 0 Å². The molecule has 0 saturated heterocycles. The number of fused-ring (bicyclic) bond motifs is 4. The molecule has 4 aliphatic carbocycles. The van der Waals surface area contributed by atoms with Gasteiger partial charge in [-0.1, -0.05) is 0 Å².